The summed E-state index contributed by atoms with van der Waals surface area (Å²) in [4.78, 5) is 11.6. The molecule has 2 N–H and O–H groups in total. The molecule has 0 saturated heterocycles. The van der Waals surface area contributed by atoms with Crippen LogP contribution in [0.3, 0.4) is 0 Å². The van der Waals surface area contributed by atoms with Gasteiger partial charge in [-0.05, 0) is 48.7 Å². The van der Waals surface area contributed by atoms with Gasteiger partial charge in [0.1, 0.15) is 11.5 Å². The summed E-state index contributed by atoms with van der Waals surface area (Å²) in [6, 6.07) is 3.45. The smallest absolute Gasteiger partial charge is 0.206 e. The molecule has 148 valence electrons. The number of phenols is 1. The number of nitrogens with zero attached hydrogens (tertiary/aromatic N) is 3. The number of H-pyrrole nitrogens is 1. The molecule has 0 radical (unpaired) electrons. The first kappa shape index (κ1) is 21.2. The summed E-state index contributed by atoms with van der Waals surface area (Å²) in [5.74, 6) is 1.64. The first-order valence-electron chi connectivity index (χ1n) is 9.48. The summed E-state index contributed by atoms with van der Waals surface area (Å²) in [6.07, 6.45) is 7.12. The summed E-state index contributed by atoms with van der Waals surface area (Å²) in [5, 5.41) is 24.8. The van der Waals surface area contributed by atoms with Gasteiger partial charge in [0.05, 0.1) is 12.2 Å². The lowest BCUT2D eigenvalue weighted by molar-refractivity contribution is 0.101. The zero-order valence-electron chi connectivity index (χ0n) is 16.0. The normalized spacial score (nSPS) is 10.9. The fraction of sp³-hybridized carbons (Fsp3) is 0.579. The molecule has 0 aliphatic heterocycles. The van der Waals surface area contributed by atoms with Crippen molar-refractivity contribution in [2.45, 2.75) is 63.9 Å². The van der Waals surface area contributed by atoms with Gasteiger partial charge in [-0.1, -0.05) is 44.4 Å². The van der Waals surface area contributed by atoms with Gasteiger partial charge in [0.25, 0.3) is 0 Å². The van der Waals surface area contributed by atoms with Crippen LogP contribution in [0.2, 0.25) is 0 Å². The quantitative estimate of drug-likeness (QED) is 0.299. The Balaban J connectivity index is 1.66. The number of aromatic amines is 1. The first-order valence-corrected chi connectivity index (χ1v) is 10.5. The predicted octanol–water partition coefficient (Wildman–Crippen LogP) is 4.18. The van der Waals surface area contributed by atoms with Crippen molar-refractivity contribution in [3.8, 4) is 11.5 Å². The number of aromatic hydroxyl groups is 1. The summed E-state index contributed by atoms with van der Waals surface area (Å²) in [6.45, 7) is 4.13. The molecule has 0 aliphatic carbocycles. The van der Waals surface area contributed by atoms with Crippen molar-refractivity contribution >= 4 is 17.5 Å². The number of hydrogen-bond acceptors (Lipinski definition) is 7. The number of aromatic nitrogens is 4. The molecule has 7 nitrogen and oxygen atoms in total. The fourth-order valence-corrected chi connectivity index (χ4v) is 3.57. The lowest BCUT2D eigenvalue weighted by Crippen LogP contribution is -2.03. The third-order valence-electron chi connectivity index (χ3n) is 4.23. The molecule has 0 atom stereocenters. The molecule has 1 aromatic heterocycles. The van der Waals surface area contributed by atoms with Crippen molar-refractivity contribution in [2.75, 3.05) is 12.4 Å². The summed E-state index contributed by atoms with van der Waals surface area (Å²) >= 11 is 1.64. The standard InChI is InChI=1S/C19H28N4O3S/c1-3-9-16-17(11-10-15(14(2)24)18(16)25)26-12-7-5-4-6-8-13-27-19-20-22-23-21-19/h10-11,25H,3-9,12-13H2,1-2H3,(H,20,21,22,23). The predicted molar refractivity (Wildman–Crippen MR) is 106 cm³/mol. The third-order valence-corrected chi connectivity index (χ3v) is 5.17. The molecule has 0 spiro atoms. The van der Waals surface area contributed by atoms with Crippen molar-refractivity contribution in [2.24, 2.45) is 0 Å². The lowest BCUT2D eigenvalue weighted by atomic mass is 10.0. The van der Waals surface area contributed by atoms with Crippen LogP contribution in [0.15, 0.2) is 17.3 Å². The van der Waals surface area contributed by atoms with Gasteiger partial charge in [0, 0.05) is 11.3 Å². The van der Waals surface area contributed by atoms with Crippen molar-refractivity contribution < 1.29 is 14.6 Å². The maximum atomic E-state index is 11.6. The second-order valence-electron chi connectivity index (χ2n) is 6.42. The number of nitrogens with one attached hydrogen (secondary N) is 1. The Morgan fingerprint density at radius 1 is 1.22 bits per heavy atom. The number of Topliss-reactive ketones (excluding diaryl/α,β-unsaturated/α-hetero) is 1. The van der Waals surface area contributed by atoms with Gasteiger partial charge in [-0.15, -0.1) is 5.10 Å². The SMILES string of the molecule is CCCc1c(OCCCCCCCSc2nnn[nH]2)ccc(C(C)=O)c1O. The van der Waals surface area contributed by atoms with Gasteiger partial charge in [0.15, 0.2) is 5.78 Å². The van der Waals surface area contributed by atoms with E-state index < -0.39 is 0 Å². The van der Waals surface area contributed by atoms with E-state index in [2.05, 4.69) is 20.6 Å². The third kappa shape index (κ3) is 6.86. The van der Waals surface area contributed by atoms with Crippen LogP contribution in [0.1, 0.15) is 68.3 Å². The topological polar surface area (TPSA) is 101 Å². The summed E-state index contributed by atoms with van der Waals surface area (Å²) in [5.41, 5.74) is 1.11. The molecular weight excluding hydrogens is 364 g/mol. The number of hydrogen-bond donors (Lipinski definition) is 2. The molecule has 1 heterocycles. The Bertz CT molecular complexity index is 707. The van der Waals surface area contributed by atoms with E-state index in [1.165, 1.54) is 13.3 Å². The highest BCUT2D eigenvalue weighted by Gasteiger charge is 2.15. The Labute approximate surface area is 164 Å². The van der Waals surface area contributed by atoms with E-state index >= 15 is 0 Å². The highest BCUT2D eigenvalue weighted by Crippen LogP contribution is 2.33. The number of phenolic OH excluding ortho intramolecular Hbond substituents is 1. The molecule has 0 unspecified atom stereocenters. The van der Waals surface area contributed by atoms with Gasteiger partial charge in [-0.25, -0.2) is 5.10 Å². The van der Waals surface area contributed by atoms with Gasteiger partial charge in [0.2, 0.25) is 5.16 Å². The molecule has 2 aromatic rings. The number of benzene rings is 1. The maximum Gasteiger partial charge on any atom is 0.206 e. The van der Waals surface area contributed by atoms with Gasteiger partial charge in [-0.2, -0.15) is 0 Å². The van der Waals surface area contributed by atoms with Crippen LogP contribution < -0.4 is 4.74 Å². The van der Waals surface area contributed by atoms with E-state index in [1.54, 1.807) is 23.9 Å². The average molecular weight is 393 g/mol. The lowest BCUT2D eigenvalue weighted by Gasteiger charge is -2.14. The van der Waals surface area contributed by atoms with Crippen molar-refractivity contribution in [1.29, 1.82) is 0 Å². The zero-order valence-corrected chi connectivity index (χ0v) is 16.8. The van der Waals surface area contributed by atoms with Crippen LogP contribution >= 0.6 is 11.8 Å². The Kier molecular flexibility index (Phi) is 9.10. The minimum atomic E-state index is -0.130. The van der Waals surface area contributed by atoms with Crippen LogP contribution in [0.4, 0.5) is 0 Å². The fourth-order valence-electron chi connectivity index (χ4n) is 2.83. The highest BCUT2D eigenvalue weighted by molar-refractivity contribution is 7.99. The van der Waals surface area contributed by atoms with E-state index in [1.807, 2.05) is 6.92 Å². The Hall–Kier alpha value is -2.09. The number of thioether (sulfide) groups is 1. The van der Waals surface area contributed by atoms with E-state index in [-0.39, 0.29) is 11.5 Å². The molecule has 0 aliphatic rings. The molecular formula is C19H28N4O3S. The van der Waals surface area contributed by atoms with Crippen LogP contribution in [-0.2, 0) is 6.42 Å². The van der Waals surface area contributed by atoms with Crippen molar-refractivity contribution in [3.05, 3.63) is 23.3 Å². The molecule has 0 amide bonds. The number of carbonyl (C=O) groups excluding carboxylic acids is 1. The second kappa shape index (κ2) is 11.6. The minimum absolute atomic E-state index is 0.0707. The number of ether oxygens (including phenoxy) is 1. The van der Waals surface area contributed by atoms with E-state index in [4.69, 9.17) is 4.74 Å². The number of tetrazole rings is 1. The number of rotatable bonds is 13. The van der Waals surface area contributed by atoms with E-state index in [9.17, 15) is 9.90 Å². The summed E-state index contributed by atoms with van der Waals surface area (Å²) < 4.78 is 5.88. The van der Waals surface area contributed by atoms with Crippen LogP contribution in [0, 0.1) is 0 Å². The number of carbonyl (C=O) groups is 1. The monoisotopic (exact) mass is 392 g/mol. The van der Waals surface area contributed by atoms with Gasteiger partial charge >= 0.3 is 0 Å². The van der Waals surface area contributed by atoms with Crippen LogP contribution in [0.25, 0.3) is 0 Å². The maximum absolute atomic E-state index is 11.6. The molecule has 0 fully saturated rings. The zero-order chi connectivity index (χ0) is 19.5. The molecule has 8 heteroatoms. The van der Waals surface area contributed by atoms with Gasteiger partial charge in [-0.3, -0.25) is 4.79 Å². The highest BCUT2D eigenvalue weighted by atomic mass is 32.2. The Morgan fingerprint density at radius 2 is 2.00 bits per heavy atom. The van der Waals surface area contributed by atoms with E-state index in [0.29, 0.717) is 24.3 Å². The van der Waals surface area contributed by atoms with Crippen molar-refractivity contribution in [1.82, 2.24) is 20.6 Å². The molecule has 2 rings (SSSR count). The van der Waals surface area contributed by atoms with E-state index in [0.717, 1.165) is 48.6 Å². The summed E-state index contributed by atoms with van der Waals surface area (Å²) in [7, 11) is 0. The number of ketones is 1. The average Bonchev–Trinajstić information content (AvgIpc) is 3.16. The molecule has 1 aromatic carbocycles. The first-order chi connectivity index (χ1) is 13.1. The largest absolute Gasteiger partial charge is 0.507 e. The van der Waals surface area contributed by atoms with Crippen LogP contribution in [-0.4, -0.2) is 43.9 Å². The Morgan fingerprint density at radius 3 is 2.70 bits per heavy atom. The second-order valence-corrected chi connectivity index (χ2v) is 7.50. The molecule has 27 heavy (non-hydrogen) atoms. The van der Waals surface area contributed by atoms with Gasteiger partial charge < -0.3 is 9.84 Å². The minimum Gasteiger partial charge on any atom is -0.507 e. The molecule has 0 bridgehead atoms. The van der Waals surface area contributed by atoms with Crippen LogP contribution in [0.5, 0.6) is 11.5 Å². The van der Waals surface area contributed by atoms with Crippen molar-refractivity contribution in [3.63, 3.8) is 0 Å². The molecule has 0 saturated carbocycles. The number of unbranched alkanes of at least 4 members (excludes halogenated alkanes) is 4.